The zero-order valence-electron chi connectivity index (χ0n) is 10.8. The molecule has 0 bridgehead atoms. The van der Waals surface area contributed by atoms with E-state index in [1.807, 2.05) is 0 Å². The topological polar surface area (TPSA) is 98.8 Å². The average Bonchev–Trinajstić information content (AvgIpc) is 2.75. The number of hydrogen-bond donors (Lipinski definition) is 1. The number of rotatable bonds is 4. The van der Waals surface area contributed by atoms with Crippen molar-refractivity contribution in [3.05, 3.63) is 16.0 Å². The van der Waals surface area contributed by atoms with E-state index in [0.29, 0.717) is 11.3 Å². The molecule has 0 spiro atoms. The van der Waals surface area contributed by atoms with E-state index in [0.717, 1.165) is 7.11 Å². The summed E-state index contributed by atoms with van der Waals surface area (Å²) in [6.45, 7) is 1.46. The fourth-order valence-electron chi connectivity index (χ4n) is 1.39. The van der Waals surface area contributed by atoms with E-state index in [9.17, 15) is 18.0 Å². The molecule has 0 aliphatic heterocycles. The van der Waals surface area contributed by atoms with Crippen LogP contribution in [0, 0.1) is 6.92 Å². The molecule has 7 nitrogen and oxygen atoms in total. The van der Waals surface area contributed by atoms with Crippen LogP contribution < -0.4 is 4.72 Å². The second-order valence-corrected chi connectivity index (χ2v) is 6.51. The third-order valence-corrected chi connectivity index (χ3v) is 5.59. The molecule has 1 N–H and O–H groups in total. The summed E-state index contributed by atoms with van der Waals surface area (Å²) < 4.78 is 34.6. The lowest BCUT2D eigenvalue weighted by atomic mass is 10.2. The van der Waals surface area contributed by atoms with Crippen molar-refractivity contribution >= 4 is 33.3 Å². The highest BCUT2D eigenvalue weighted by molar-refractivity contribution is 7.91. The van der Waals surface area contributed by atoms with Crippen LogP contribution in [0.1, 0.15) is 25.6 Å². The summed E-state index contributed by atoms with van der Waals surface area (Å²) in [7, 11) is -0.352. The summed E-state index contributed by atoms with van der Waals surface area (Å²) in [6.07, 6.45) is 0. The Hall–Kier alpha value is -1.45. The smallest absolute Gasteiger partial charge is 0.348 e. The summed E-state index contributed by atoms with van der Waals surface area (Å²) in [5.74, 6) is -1.53. The molecule has 1 heterocycles. The van der Waals surface area contributed by atoms with E-state index in [4.69, 9.17) is 0 Å². The molecule has 0 aliphatic rings. The zero-order valence-corrected chi connectivity index (χ0v) is 12.4. The Bertz CT molecular complexity index is 616. The van der Waals surface area contributed by atoms with Gasteiger partial charge in [-0.3, -0.25) is 0 Å². The molecule has 0 atom stereocenters. The highest BCUT2D eigenvalue weighted by atomic mass is 32.2. The lowest BCUT2D eigenvalue weighted by Crippen LogP contribution is -2.20. The number of methoxy groups -OCH3 is 2. The Morgan fingerprint density at radius 1 is 1.16 bits per heavy atom. The van der Waals surface area contributed by atoms with Gasteiger partial charge in [-0.15, -0.1) is 11.3 Å². The van der Waals surface area contributed by atoms with Crippen molar-refractivity contribution in [2.75, 3.05) is 21.3 Å². The Labute approximate surface area is 114 Å². The second-order valence-electron chi connectivity index (χ2n) is 3.41. The first kappa shape index (κ1) is 15.6. The SMILES string of the molecule is CNS(=O)(=O)c1sc(C(=O)OC)c(C)c1C(=O)OC. The van der Waals surface area contributed by atoms with Crippen LogP contribution >= 0.6 is 11.3 Å². The molecule has 0 unspecified atom stereocenters. The van der Waals surface area contributed by atoms with Crippen molar-refractivity contribution in [3.8, 4) is 0 Å². The molecular formula is C10H13NO6S2. The van der Waals surface area contributed by atoms with Gasteiger partial charge < -0.3 is 9.47 Å². The molecule has 9 heteroatoms. The van der Waals surface area contributed by atoms with Gasteiger partial charge in [0, 0.05) is 0 Å². The second kappa shape index (κ2) is 5.68. The number of carbonyl (C=O) groups is 2. The minimum Gasteiger partial charge on any atom is -0.465 e. The van der Waals surface area contributed by atoms with Crippen molar-refractivity contribution in [1.82, 2.24) is 4.72 Å². The Balaban J connectivity index is 3.63. The Morgan fingerprint density at radius 3 is 2.11 bits per heavy atom. The summed E-state index contributed by atoms with van der Waals surface area (Å²) >= 11 is 0.668. The molecule has 0 amide bonds. The van der Waals surface area contributed by atoms with Crippen molar-refractivity contribution in [2.24, 2.45) is 0 Å². The van der Waals surface area contributed by atoms with Gasteiger partial charge in [0.25, 0.3) is 10.0 Å². The highest BCUT2D eigenvalue weighted by Gasteiger charge is 2.31. The molecule has 19 heavy (non-hydrogen) atoms. The monoisotopic (exact) mass is 307 g/mol. The number of sulfonamides is 1. The van der Waals surface area contributed by atoms with E-state index < -0.39 is 22.0 Å². The van der Waals surface area contributed by atoms with Gasteiger partial charge in [-0.2, -0.15) is 0 Å². The number of hydrogen-bond acceptors (Lipinski definition) is 7. The first-order valence-electron chi connectivity index (χ1n) is 5.03. The molecule has 106 valence electrons. The third kappa shape index (κ3) is 2.77. The van der Waals surface area contributed by atoms with Crippen molar-refractivity contribution < 1.29 is 27.5 Å². The van der Waals surface area contributed by atoms with Crippen LogP contribution in [0.2, 0.25) is 0 Å². The minimum atomic E-state index is -3.87. The van der Waals surface area contributed by atoms with Gasteiger partial charge in [-0.05, 0) is 19.5 Å². The quantitative estimate of drug-likeness (QED) is 0.815. The van der Waals surface area contributed by atoms with Gasteiger partial charge in [-0.25, -0.2) is 22.7 Å². The normalized spacial score (nSPS) is 11.2. The van der Waals surface area contributed by atoms with Crippen molar-refractivity contribution in [3.63, 3.8) is 0 Å². The van der Waals surface area contributed by atoms with Crippen LogP contribution in [0.5, 0.6) is 0 Å². The first-order chi connectivity index (χ1) is 8.80. The molecule has 0 aliphatic carbocycles. The lowest BCUT2D eigenvalue weighted by Gasteiger charge is -2.03. The Kier molecular flexibility index (Phi) is 4.66. The summed E-state index contributed by atoms with van der Waals surface area (Å²) in [6, 6.07) is 0. The van der Waals surface area contributed by atoms with Crippen LogP contribution in [0.25, 0.3) is 0 Å². The van der Waals surface area contributed by atoms with Gasteiger partial charge in [0.05, 0.1) is 19.8 Å². The van der Waals surface area contributed by atoms with E-state index in [1.165, 1.54) is 21.1 Å². The van der Waals surface area contributed by atoms with Crippen LogP contribution in [-0.4, -0.2) is 41.6 Å². The van der Waals surface area contributed by atoms with Crippen LogP contribution in [0.15, 0.2) is 4.21 Å². The van der Waals surface area contributed by atoms with E-state index in [-0.39, 0.29) is 20.2 Å². The predicted molar refractivity (Wildman–Crippen MR) is 68.0 cm³/mol. The van der Waals surface area contributed by atoms with E-state index >= 15 is 0 Å². The molecule has 1 rings (SSSR count). The maximum atomic E-state index is 11.9. The number of nitrogens with one attached hydrogen (secondary N) is 1. The number of carbonyl (C=O) groups excluding carboxylic acids is 2. The highest BCUT2D eigenvalue weighted by Crippen LogP contribution is 2.32. The molecule has 0 saturated carbocycles. The molecule has 0 aromatic carbocycles. The number of thiophene rings is 1. The maximum Gasteiger partial charge on any atom is 0.348 e. The summed E-state index contributed by atoms with van der Waals surface area (Å²) in [5.41, 5.74) is 0.0692. The Morgan fingerprint density at radius 2 is 1.68 bits per heavy atom. The lowest BCUT2D eigenvalue weighted by molar-refractivity contribution is 0.0596. The first-order valence-corrected chi connectivity index (χ1v) is 7.33. The van der Waals surface area contributed by atoms with Gasteiger partial charge in [-0.1, -0.05) is 0 Å². The molecule has 1 aromatic rings. The van der Waals surface area contributed by atoms with Gasteiger partial charge in [0.2, 0.25) is 0 Å². The predicted octanol–water partition coefficient (Wildman–Crippen LogP) is 0.538. The zero-order chi connectivity index (χ0) is 14.8. The molecular weight excluding hydrogens is 294 g/mol. The van der Waals surface area contributed by atoms with Crippen molar-refractivity contribution in [2.45, 2.75) is 11.1 Å². The number of esters is 2. The van der Waals surface area contributed by atoms with Crippen LogP contribution in [0.4, 0.5) is 0 Å². The third-order valence-electron chi connectivity index (χ3n) is 2.39. The fourth-order valence-corrected chi connectivity index (χ4v) is 3.97. The average molecular weight is 307 g/mol. The van der Waals surface area contributed by atoms with E-state index in [1.54, 1.807) is 0 Å². The fraction of sp³-hybridized carbons (Fsp3) is 0.400. The maximum absolute atomic E-state index is 11.9. The van der Waals surface area contributed by atoms with Gasteiger partial charge in [0.15, 0.2) is 4.21 Å². The van der Waals surface area contributed by atoms with Crippen LogP contribution in [-0.2, 0) is 19.5 Å². The minimum absolute atomic E-state index is 0.0525. The van der Waals surface area contributed by atoms with Crippen molar-refractivity contribution in [1.29, 1.82) is 0 Å². The largest absolute Gasteiger partial charge is 0.465 e. The molecule has 0 radical (unpaired) electrons. The standard InChI is InChI=1S/C10H13NO6S2/c1-5-6(8(12)16-3)10(19(14,15)11-2)18-7(5)9(13)17-4/h11H,1-4H3. The molecule has 0 saturated heterocycles. The summed E-state index contributed by atoms with van der Waals surface area (Å²) in [5, 5.41) is 0. The van der Waals surface area contributed by atoms with Crippen LogP contribution in [0.3, 0.4) is 0 Å². The van der Waals surface area contributed by atoms with Gasteiger partial charge >= 0.3 is 11.9 Å². The number of ether oxygens (including phenoxy) is 2. The molecule has 0 fully saturated rings. The van der Waals surface area contributed by atoms with E-state index in [2.05, 4.69) is 14.2 Å². The summed E-state index contributed by atoms with van der Waals surface area (Å²) in [4.78, 5) is 23.3. The molecule has 1 aromatic heterocycles. The van der Waals surface area contributed by atoms with Gasteiger partial charge in [0.1, 0.15) is 4.88 Å².